The molecule has 3 nitrogen and oxygen atoms in total. The first-order chi connectivity index (χ1) is 8.11. The lowest BCUT2D eigenvalue weighted by Gasteiger charge is -2.12. The van der Waals surface area contributed by atoms with Gasteiger partial charge in [-0.15, -0.1) is 0 Å². The van der Waals surface area contributed by atoms with Crippen LogP contribution in [-0.2, 0) is 6.42 Å². The van der Waals surface area contributed by atoms with Crippen molar-refractivity contribution in [3.8, 4) is 0 Å². The highest BCUT2D eigenvalue weighted by atomic mass is 32.1. The lowest BCUT2D eigenvalue weighted by molar-refractivity contribution is 0.185. The topological polar surface area (TPSA) is 58.3 Å². The normalized spacial score (nSPS) is 14.4. The van der Waals surface area contributed by atoms with E-state index in [1.54, 1.807) is 0 Å². The number of hydrogen-bond acceptors (Lipinski definition) is 4. The van der Waals surface area contributed by atoms with Gasteiger partial charge in [-0.05, 0) is 43.2 Å². The van der Waals surface area contributed by atoms with Crippen molar-refractivity contribution >= 4 is 18.3 Å². The molecule has 0 aliphatic carbocycles. The van der Waals surface area contributed by atoms with E-state index in [9.17, 15) is 5.11 Å². The zero-order chi connectivity index (χ0) is 12.7. The molecule has 0 heterocycles. The standard InChI is InChI=1S/C13H22N2OS/c1-10(14)8-11-2-4-12(5-3-11)15-9-13(16)6-7-17/h2-5,10,13,15-17H,6-9,14H2,1H3. The minimum absolute atomic E-state index is 0.186. The predicted molar refractivity (Wildman–Crippen MR) is 76.8 cm³/mol. The Balaban J connectivity index is 2.40. The smallest absolute Gasteiger partial charge is 0.0720 e. The average molecular weight is 254 g/mol. The van der Waals surface area contributed by atoms with Crippen molar-refractivity contribution in [2.75, 3.05) is 17.6 Å². The van der Waals surface area contributed by atoms with Crippen molar-refractivity contribution in [3.05, 3.63) is 29.8 Å². The Hall–Kier alpha value is -0.710. The first-order valence-electron chi connectivity index (χ1n) is 5.99. The fraction of sp³-hybridized carbons (Fsp3) is 0.538. The van der Waals surface area contributed by atoms with Gasteiger partial charge in [0.2, 0.25) is 0 Å². The van der Waals surface area contributed by atoms with Crippen molar-refractivity contribution in [3.63, 3.8) is 0 Å². The summed E-state index contributed by atoms with van der Waals surface area (Å²) in [4.78, 5) is 0. The molecular formula is C13H22N2OS. The molecule has 0 amide bonds. The number of aliphatic hydroxyl groups is 1. The van der Waals surface area contributed by atoms with Gasteiger partial charge in [-0.3, -0.25) is 0 Å². The molecule has 0 aliphatic rings. The van der Waals surface area contributed by atoms with Gasteiger partial charge in [-0.2, -0.15) is 12.6 Å². The molecule has 1 aromatic carbocycles. The summed E-state index contributed by atoms with van der Waals surface area (Å²) in [5.41, 5.74) is 8.00. The number of aliphatic hydroxyl groups excluding tert-OH is 1. The van der Waals surface area contributed by atoms with E-state index < -0.39 is 0 Å². The maximum atomic E-state index is 9.56. The molecule has 2 unspecified atom stereocenters. The van der Waals surface area contributed by atoms with E-state index in [0.29, 0.717) is 18.7 Å². The second-order valence-corrected chi connectivity index (χ2v) is 4.87. The van der Waals surface area contributed by atoms with Gasteiger partial charge in [0, 0.05) is 18.3 Å². The van der Waals surface area contributed by atoms with Crippen molar-refractivity contribution in [2.24, 2.45) is 5.73 Å². The summed E-state index contributed by atoms with van der Waals surface area (Å²) >= 11 is 4.09. The molecular weight excluding hydrogens is 232 g/mol. The second kappa shape index (κ2) is 7.58. The van der Waals surface area contributed by atoms with Crippen LogP contribution < -0.4 is 11.1 Å². The minimum atomic E-state index is -0.337. The van der Waals surface area contributed by atoms with E-state index in [2.05, 4.69) is 30.1 Å². The van der Waals surface area contributed by atoms with E-state index in [0.717, 1.165) is 12.1 Å². The van der Waals surface area contributed by atoms with Gasteiger partial charge < -0.3 is 16.2 Å². The summed E-state index contributed by atoms with van der Waals surface area (Å²) in [6, 6.07) is 8.36. The Labute approximate surface area is 109 Å². The fourth-order valence-electron chi connectivity index (χ4n) is 1.62. The number of rotatable bonds is 7. The van der Waals surface area contributed by atoms with Gasteiger partial charge in [-0.25, -0.2) is 0 Å². The molecule has 0 aromatic heterocycles. The summed E-state index contributed by atoms with van der Waals surface area (Å²) in [6.45, 7) is 2.56. The fourth-order valence-corrected chi connectivity index (χ4v) is 1.92. The van der Waals surface area contributed by atoms with Gasteiger partial charge in [-0.1, -0.05) is 12.1 Å². The molecule has 17 heavy (non-hydrogen) atoms. The molecule has 0 bridgehead atoms. The van der Waals surface area contributed by atoms with Crippen LogP contribution in [0.25, 0.3) is 0 Å². The number of nitrogens with one attached hydrogen (secondary N) is 1. The minimum Gasteiger partial charge on any atom is -0.391 e. The van der Waals surface area contributed by atoms with E-state index >= 15 is 0 Å². The molecule has 96 valence electrons. The van der Waals surface area contributed by atoms with Crippen LogP contribution in [0.2, 0.25) is 0 Å². The van der Waals surface area contributed by atoms with Crippen LogP contribution in [0.15, 0.2) is 24.3 Å². The third kappa shape index (κ3) is 5.96. The molecule has 1 rings (SSSR count). The molecule has 0 saturated heterocycles. The molecule has 0 aliphatic heterocycles. The molecule has 0 spiro atoms. The molecule has 4 N–H and O–H groups in total. The first-order valence-corrected chi connectivity index (χ1v) is 6.62. The zero-order valence-electron chi connectivity index (χ0n) is 10.3. The monoisotopic (exact) mass is 254 g/mol. The van der Waals surface area contributed by atoms with Gasteiger partial charge in [0.25, 0.3) is 0 Å². The highest BCUT2D eigenvalue weighted by Gasteiger charge is 2.02. The van der Waals surface area contributed by atoms with E-state index in [1.807, 2.05) is 19.1 Å². The summed E-state index contributed by atoms with van der Waals surface area (Å²) in [5, 5.41) is 12.8. The van der Waals surface area contributed by atoms with Gasteiger partial charge in [0.1, 0.15) is 0 Å². The molecule has 0 radical (unpaired) electrons. The van der Waals surface area contributed by atoms with Crippen LogP contribution >= 0.6 is 12.6 Å². The largest absolute Gasteiger partial charge is 0.391 e. The van der Waals surface area contributed by atoms with Crippen LogP contribution in [0, 0.1) is 0 Å². The Bertz CT molecular complexity index is 314. The second-order valence-electron chi connectivity index (χ2n) is 4.43. The van der Waals surface area contributed by atoms with Crippen LogP contribution in [0.3, 0.4) is 0 Å². The van der Waals surface area contributed by atoms with E-state index in [-0.39, 0.29) is 12.1 Å². The number of hydrogen-bond donors (Lipinski definition) is 4. The number of benzene rings is 1. The van der Waals surface area contributed by atoms with Crippen molar-refractivity contribution in [1.29, 1.82) is 0 Å². The molecule has 4 heteroatoms. The predicted octanol–water partition coefficient (Wildman–Crippen LogP) is 1.67. The van der Waals surface area contributed by atoms with E-state index in [4.69, 9.17) is 5.73 Å². The Kier molecular flexibility index (Phi) is 6.40. The first kappa shape index (κ1) is 14.4. The summed E-state index contributed by atoms with van der Waals surface area (Å²) in [7, 11) is 0. The maximum absolute atomic E-state index is 9.56. The Morgan fingerprint density at radius 1 is 1.35 bits per heavy atom. The Morgan fingerprint density at radius 2 is 2.00 bits per heavy atom. The summed E-state index contributed by atoms with van der Waals surface area (Å²) in [5.74, 6) is 0.705. The maximum Gasteiger partial charge on any atom is 0.0720 e. The Morgan fingerprint density at radius 3 is 2.53 bits per heavy atom. The number of nitrogens with two attached hydrogens (primary N) is 1. The van der Waals surface area contributed by atoms with Gasteiger partial charge in [0.05, 0.1) is 6.10 Å². The van der Waals surface area contributed by atoms with Crippen LogP contribution in [0.1, 0.15) is 18.9 Å². The van der Waals surface area contributed by atoms with Crippen molar-refractivity contribution in [1.82, 2.24) is 0 Å². The highest BCUT2D eigenvalue weighted by Crippen LogP contribution is 2.11. The molecule has 0 saturated carbocycles. The summed E-state index contributed by atoms with van der Waals surface area (Å²) < 4.78 is 0. The van der Waals surface area contributed by atoms with E-state index in [1.165, 1.54) is 5.56 Å². The van der Waals surface area contributed by atoms with Crippen LogP contribution in [-0.4, -0.2) is 29.5 Å². The SMILES string of the molecule is CC(N)Cc1ccc(NCC(O)CCS)cc1. The third-order valence-corrected chi connectivity index (χ3v) is 2.77. The van der Waals surface area contributed by atoms with Crippen molar-refractivity contribution in [2.45, 2.75) is 31.9 Å². The lowest BCUT2D eigenvalue weighted by Crippen LogP contribution is -2.20. The van der Waals surface area contributed by atoms with Crippen LogP contribution in [0.4, 0.5) is 5.69 Å². The zero-order valence-corrected chi connectivity index (χ0v) is 11.2. The van der Waals surface area contributed by atoms with Crippen LogP contribution in [0.5, 0.6) is 0 Å². The highest BCUT2D eigenvalue weighted by molar-refractivity contribution is 7.80. The lowest BCUT2D eigenvalue weighted by atomic mass is 10.1. The molecule has 2 atom stereocenters. The quantitative estimate of drug-likeness (QED) is 0.560. The average Bonchev–Trinajstić information content (AvgIpc) is 2.28. The molecule has 0 fully saturated rings. The summed E-state index contributed by atoms with van der Waals surface area (Å²) in [6.07, 6.45) is 1.26. The third-order valence-electron chi connectivity index (χ3n) is 2.52. The van der Waals surface area contributed by atoms with Gasteiger partial charge in [0.15, 0.2) is 0 Å². The van der Waals surface area contributed by atoms with Gasteiger partial charge >= 0.3 is 0 Å². The molecule has 1 aromatic rings. The van der Waals surface area contributed by atoms with Crippen molar-refractivity contribution < 1.29 is 5.11 Å². The number of anilines is 1. The number of thiol groups is 1.